The third kappa shape index (κ3) is 5.55. The number of carbonyl (C=O) groups excluding carboxylic acids is 1. The summed E-state index contributed by atoms with van der Waals surface area (Å²) in [6.07, 6.45) is 7.29. The first-order valence-corrected chi connectivity index (χ1v) is 12.7. The number of benzene rings is 2. The number of aryl methyl sites for hydroxylation is 1. The molecule has 2 N–H and O–H groups in total. The fourth-order valence-corrected chi connectivity index (χ4v) is 4.95. The average molecular weight is 516 g/mol. The summed E-state index contributed by atoms with van der Waals surface area (Å²) in [6.45, 7) is 3.07. The number of piperidine rings is 1. The molecule has 1 atom stereocenters. The zero-order valence-electron chi connectivity index (χ0n) is 22.0. The van der Waals surface area contributed by atoms with Gasteiger partial charge in [-0.25, -0.2) is 4.98 Å². The van der Waals surface area contributed by atoms with Crippen molar-refractivity contribution >= 4 is 28.3 Å². The number of anilines is 2. The van der Waals surface area contributed by atoms with E-state index in [1.807, 2.05) is 37.5 Å². The maximum absolute atomic E-state index is 11.8. The minimum Gasteiger partial charge on any atom is -0.497 e. The third-order valence-corrected chi connectivity index (χ3v) is 7.03. The Kier molecular flexibility index (Phi) is 7.41. The van der Waals surface area contributed by atoms with Crippen molar-refractivity contribution in [2.75, 3.05) is 45.3 Å². The maximum Gasteiger partial charge on any atom is 0.221 e. The molecule has 1 fully saturated rings. The summed E-state index contributed by atoms with van der Waals surface area (Å²) in [6, 6.07) is 11.9. The Labute approximate surface area is 222 Å². The van der Waals surface area contributed by atoms with Crippen LogP contribution in [0.3, 0.4) is 0 Å². The van der Waals surface area contributed by atoms with Crippen molar-refractivity contribution in [3.63, 3.8) is 0 Å². The number of hydrogen-bond acceptors (Lipinski definition) is 8. The Morgan fingerprint density at radius 2 is 1.87 bits per heavy atom. The van der Waals surface area contributed by atoms with E-state index in [1.165, 1.54) is 0 Å². The number of nitrogens with zero attached hydrogens (tertiary/aromatic N) is 6. The summed E-state index contributed by atoms with van der Waals surface area (Å²) in [7, 11) is 5.17. The highest BCUT2D eigenvalue weighted by Crippen LogP contribution is 2.34. The molecular weight excluding hydrogens is 482 g/mol. The molecule has 0 saturated carbocycles. The minimum atomic E-state index is -0.221. The van der Waals surface area contributed by atoms with Crippen LogP contribution in [0.5, 0.6) is 11.5 Å². The molecular formula is C28H33N7O3. The number of aromatic nitrogens is 4. The first-order chi connectivity index (χ1) is 18.4. The predicted molar refractivity (Wildman–Crippen MR) is 147 cm³/mol. The molecule has 5 rings (SSSR count). The number of rotatable bonds is 9. The lowest BCUT2D eigenvalue weighted by molar-refractivity contribution is -0.123. The highest BCUT2D eigenvalue weighted by molar-refractivity contribution is 5.82. The van der Waals surface area contributed by atoms with Crippen molar-refractivity contribution in [1.82, 2.24) is 24.6 Å². The number of methoxy groups -OCH3 is 2. The van der Waals surface area contributed by atoms with Crippen molar-refractivity contribution < 1.29 is 14.3 Å². The molecule has 1 amide bonds. The molecule has 2 aromatic heterocycles. The van der Waals surface area contributed by atoms with Crippen LogP contribution in [-0.4, -0.2) is 71.0 Å². The number of hydrogen-bond donors (Lipinski definition) is 1. The first kappa shape index (κ1) is 25.5. The standard InChI is InChI=1S/C28H33N7O3/c1-33-17-20(15-31-33)27-16-30-25-7-6-21(13-26(25)32-27)35(22-11-23(37-2)14-24(12-22)38-3)10-9-34-8-4-5-19(18-34)28(29)36/h6-7,11-17,19H,4-5,8-10,18H2,1-3H3,(H2,29,36). The van der Waals surface area contributed by atoms with Crippen LogP contribution in [0.25, 0.3) is 22.3 Å². The van der Waals surface area contributed by atoms with E-state index in [0.29, 0.717) is 24.6 Å². The van der Waals surface area contributed by atoms with Crippen LogP contribution in [0.15, 0.2) is 55.0 Å². The predicted octanol–water partition coefficient (Wildman–Crippen LogP) is 3.38. The van der Waals surface area contributed by atoms with Gasteiger partial charge in [-0.3, -0.25) is 14.5 Å². The summed E-state index contributed by atoms with van der Waals surface area (Å²) < 4.78 is 12.9. The molecule has 2 aromatic carbocycles. The van der Waals surface area contributed by atoms with Crippen molar-refractivity contribution in [2.45, 2.75) is 12.8 Å². The molecule has 0 radical (unpaired) electrons. The third-order valence-electron chi connectivity index (χ3n) is 7.03. The van der Waals surface area contributed by atoms with E-state index in [1.54, 1.807) is 31.3 Å². The zero-order chi connectivity index (χ0) is 26.6. The van der Waals surface area contributed by atoms with Gasteiger partial charge in [0, 0.05) is 68.0 Å². The van der Waals surface area contributed by atoms with E-state index < -0.39 is 0 Å². The average Bonchev–Trinajstić information content (AvgIpc) is 3.38. The molecule has 198 valence electrons. The van der Waals surface area contributed by atoms with Crippen LogP contribution in [0, 0.1) is 5.92 Å². The van der Waals surface area contributed by atoms with Crippen LogP contribution in [0.2, 0.25) is 0 Å². The van der Waals surface area contributed by atoms with Gasteiger partial charge in [0.25, 0.3) is 0 Å². The normalized spacial score (nSPS) is 15.9. The van der Waals surface area contributed by atoms with Gasteiger partial charge in [-0.05, 0) is 37.6 Å². The van der Waals surface area contributed by atoms with Gasteiger partial charge in [0.15, 0.2) is 0 Å². The number of amides is 1. The van der Waals surface area contributed by atoms with E-state index in [9.17, 15) is 4.79 Å². The lowest BCUT2D eigenvalue weighted by Crippen LogP contribution is -2.43. The Morgan fingerprint density at radius 3 is 2.55 bits per heavy atom. The highest BCUT2D eigenvalue weighted by Gasteiger charge is 2.24. The van der Waals surface area contributed by atoms with E-state index in [4.69, 9.17) is 20.2 Å². The van der Waals surface area contributed by atoms with Crippen LogP contribution in [-0.2, 0) is 11.8 Å². The molecule has 4 aromatic rings. The van der Waals surface area contributed by atoms with Gasteiger partial charge in [-0.1, -0.05) is 0 Å². The Hall–Kier alpha value is -4.18. The molecule has 0 aliphatic carbocycles. The summed E-state index contributed by atoms with van der Waals surface area (Å²) in [4.78, 5) is 25.9. The highest BCUT2D eigenvalue weighted by atomic mass is 16.5. The molecule has 1 aliphatic heterocycles. The number of carbonyl (C=O) groups is 1. The molecule has 0 spiro atoms. The Morgan fingerprint density at radius 1 is 1.08 bits per heavy atom. The van der Waals surface area contributed by atoms with Crippen molar-refractivity contribution in [2.24, 2.45) is 18.7 Å². The summed E-state index contributed by atoms with van der Waals surface area (Å²) >= 11 is 0. The molecule has 10 heteroatoms. The Balaban J connectivity index is 1.50. The van der Waals surface area contributed by atoms with Crippen LogP contribution >= 0.6 is 0 Å². The van der Waals surface area contributed by atoms with Crippen molar-refractivity contribution in [3.05, 3.63) is 55.0 Å². The summed E-state index contributed by atoms with van der Waals surface area (Å²) in [5.41, 5.74) is 10.8. The maximum atomic E-state index is 11.8. The van der Waals surface area contributed by atoms with Crippen LogP contribution in [0.1, 0.15) is 12.8 Å². The van der Waals surface area contributed by atoms with Gasteiger partial charge in [0.2, 0.25) is 5.91 Å². The monoisotopic (exact) mass is 515 g/mol. The molecule has 3 heterocycles. The lowest BCUT2D eigenvalue weighted by atomic mass is 9.97. The number of fused-ring (bicyclic) bond motifs is 1. The largest absolute Gasteiger partial charge is 0.497 e. The number of primary amides is 1. The molecule has 0 bridgehead atoms. The summed E-state index contributed by atoms with van der Waals surface area (Å²) in [5.74, 6) is 1.09. The van der Waals surface area contributed by atoms with Crippen LogP contribution in [0.4, 0.5) is 11.4 Å². The zero-order valence-corrected chi connectivity index (χ0v) is 22.0. The second kappa shape index (κ2) is 11.1. The van der Waals surface area contributed by atoms with Gasteiger partial charge in [0.1, 0.15) is 11.5 Å². The molecule has 1 aliphatic rings. The number of nitrogens with two attached hydrogens (primary N) is 1. The fourth-order valence-electron chi connectivity index (χ4n) is 4.95. The molecule has 10 nitrogen and oxygen atoms in total. The summed E-state index contributed by atoms with van der Waals surface area (Å²) in [5, 5.41) is 4.26. The van der Waals surface area contributed by atoms with E-state index in [-0.39, 0.29) is 11.8 Å². The number of ether oxygens (including phenoxy) is 2. The lowest BCUT2D eigenvalue weighted by Gasteiger charge is -2.34. The Bertz CT molecular complexity index is 1410. The second-order valence-corrected chi connectivity index (χ2v) is 9.60. The van der Waals surface area contributed by atoms with Gasteiger partial charge in [0.05, 0.1) is 49.3 Å². The van der Waals surface area contributed by atoms with E-state index in [0.717, 1.165) is 59.6 Å². The SMILES string of the molecule is COc1cc(OC)cc(N(CCN2CCCC(C(N)=O)C2)c2ccc3ncc(-c4cnn(C)c4)nc3c2)c1. The van der Waals surface area contributed by atoms with Gasteiger partial charge in [-0.2, -0.15) is 5.10 Å². The smallest absolute Gasteiger partial charge is 0.221 e. The van der Waals surface area contributed by atoms with Gasteiger partial charge in [-0.15, -0.1) is 0 Å². The van der Waals surface area contributed by atoms with Crippen LogP contribution < -0.4 is 20.1 Å². The molecule has 1 unspecified atom stereocenters. The first-order valence-electron chi connectivity index (χ1n) is 12.7. The second-order valence-electron chi connectivity index (χ2n) is 9.60. The minimum absolute atomic E-state index is 0.101. The molecule has 38 heavy (non-hydrogen) atoms. The fraction of sp³-hybridized carbons (Fsp3) is 0.357. The van der Waals surface area contributed by atoms with Gasteiger partial charge < -0.3 is 25.0 Å². The molecule has 1 saturated heterocycles. The van der Waals surface area contributed by atoms with E-state index in [2.05, 4.69) is 32.0 Å². The topological polar surface area (TPSA) is 112 Å². The number of likely N-dealkylation sites (tertiary alicyclic amines) is 1. The van der Waals surface area contributed by atoms with Crippen molar-refractivity contribution in [3.8, 4) is 22.8 Å². The van der Waals surface area contributed by atoms with Gasteiger partial charge >= 0.3 is 0 Å². The van der Waals surface area contributed by atoms with Crippen molar-refractivity contribution in [1.29, 1.82) is 0 Å². The quantitative estimate of drug-likeness (QED) is 0.361. The van der Waals surface area contributed by atoms with E-state index >= 15 is 0 Å².